The van der Waals surface area contributed by atoms with Gasteiger partial charge in [0, 0.05) is 36.1 Å². The van der Waals surface area contributed by atoms with Gasteiger partial charge in [-0.2, -0.15) is 13.2 Å². The molecule has 0 saturated carbocycles. The van der Waals surface area contributed by atoms with E-state index in [1.165, 1.54) is 29.0 Å². The van der Waals surface area contributed by atoms with Crippen LogP contribution < -0.4 is 0 Å². The zero-order chi connectivity index (χ0) is 15.9. The summed E-state index contributed by atoms with van der Waals surface area (Å²) in [5.74, 6) is 0.0526. The van der Waals surface area contributed by atoms with Gasteiger partial charge in [0.15, 0.2) is 0 Å². The molecule has 0 unspecified atom stereocenters. The predicted octanol–water partition coefficient (Wildman–Crippen LogP) is 3.35. The van der Waals surface area contributed by atoms with Crippen molar-refractivity contribution < 1.29 is 18.1 Å². The molecule has 0 bridgehead atoms. The minimum Gasteiger partial charge on any atom is -0.285 e. The second kappa shape index (κ2) is 4.79. The van der Waals surface area contributed by atoms with E-state index in [-0.39, 0.29) is 11.6 Å². The lowest BCUT2D eigenvalue weighted by molar-refractivity contribution is -0.384. The Labute approximate surface area is 121 Å². The number of non-ortho nitro benzene ring substituents is 1. The van der Waals surface area contributed by atoms with Crippen molar-refractivity contribution in [2.45, 2.75) is 6.18 Å². The van der Waals surface area contributed by atoms with E-state index in [0.717, 1.165) is 0 Å². The van der Waals surface area contributed by atoms with E-state index in [1.807, 2.05) is 0 Å². The molecule has 0 N–H and O–H groups in total. The van der Waals surface area contributed by atoms with Gasteiger partial charge < -0.3 is 0 Å². The summed E-state index contributed by atoms with van der Waals surface area (Å²) in [6.45, 7) is 0. The highest BCUT2D eigenvalue weighted by Crippen LogP contribution is 2.28. The van der Waals surface area contributed by atoms with Crippen molar-refractivity contribution >= 4 is 16.6 Å². The Balaban J connectivity index is 2.05. The quantitative estimate of drug-likeness (QED) is 0.537. The van der Waals surface area contributed by atoms with Crippen LogP contribution in [0.2, 0.25) is 0 Å². The van der Waals surface area contributed by atoms with E-state index in [4.69, 9.17) is 0 Å². The maximum atomic E-state index is 12.5. The van der Waals surface area contributed by atoms with Crippen LogP contribution in [-0.4, -0.2) is 19.5 Å². The fourth-order valence-electron chi connectivity index (χ4n) is 2.01. The summed E-state index contributed by atoms with van der Waals surface area (Å²) in [5, 5.41) is 11.3. The number of aromatic nitrogens is 3. The fraction of sp³-hybridized carbons (Fsp3) is 0.0769. The molecule has 112 valence electrons. The number of hydrogen-bond acceptors (Lipinski definition) is 4. The molecule has 0 saturated heterocycles. The van der Waals surface area contributed by atoms with Crippen molar-refractivity contribution in [3.63, 3.8) is 0 Å². The standard InChI is InChI=1S/C13H7F3N4O2/c14-13(15,16)9-6-17-12(18-7-9)19-4-3-8-5-10(20(21)22)1-2-11(8)19/h1-7H. The molecule has 22 heavy (non-hydrogen) atoms. The van der Waals surface area contributed by atoms with Crippen LogP contribution in [0.1, 0.15) is 5.56 Å². The highest BCUT2D eigenvalue weighted by molar-refractivity contribution is 5.83. The van der Waals surface area contributed by atoms with Crippen LogP contribution in [0.5, 0.6) is 0 Å². The number of benzene rings is 1. The Hall–Kier alpha value is -2.97. The largest absolute Gasteiger partial charge is 0.419 e. The zero-order valence-electron chi connectivity index (χ0n) is 10.8. The van der Waals surface area contributed by atoms with E-state index >= 15 is 0 Å². The second-order valence-corrected chi connectivity index (χ2v) is 4.46. The fourth-order valence-corrected chi connectivity index (χ4v) is 2.01. The topological polar surface area (TPSA) is 73.8 Å². The summed E-state index contributed by atoms with van der Waals surface area (Å²) in [7, 11) is 0. The molecule has 3 rings (SSSR count). The average molecular weight is 308 g/mol. The Morgan fingerprint density at radius 3 is 2.41 bits per heavy atom. The van der Waals surface area contributed by atoms with Crippen LogP contribution in [-0.2, 0) is 6.18 Å². The lowest BCUT2D eigenvalue weighted by Crippen LogP contribution is -2.08. The number of nitrogens with zero attached hydrogens (tertiary/aromatic N) is 4. The smallest absolute Gasteiger partial charge is 0.285 e. The molecule has 0 atom stereocenters. The molecule has 0 fully saturated rings. The van der Waals surface area contributed by atoms with Crippen LogP contribution in [0.25, 0.3) is 16.9 Å². The van der Waals surface area contributed by atoms with Gasteiger partial charge in [-0.25, -0.2) is 9.97 Å². The molecule has 1 aromatic carbocycles. The summed E-state index contributed by atoms with van der Waals surface area (Å²) >= 11 is 0. The van der Waals surface area contributed by atoms with Crippen molar-refractivity contribution in [1.29, 1.82) is 0 Å². The Kier molecular flexibility index (Phi) is 3.05. The zero-order valence-corrected chi connectivity index (χ0v) is 10.8. The van der Waals surface area contributed by atoms with Crippen LogP contribution in [0, 0.1) is 10.1 Å². The molecule has 0 aliphatic heterocycles. The maximum Gasteiger partial charge on any atom is 0.419 e. The summed E-state index contributed by atoms with van der Waals surface area (Å²) < 4.78 is 38.9. The maximum absolute atomic E-state index is 12.5. The first-order valence-electron chi connectivity index (χ1n) is 6.01. The number of nitro groups is 1. The van der Waals surface area contributed by atoms with Crippen molar-refractivity contribution in [2.24, 2.45) is 0 Å². The first-order chi connectivity index (χ1) is 10.4. The Bertz CT molecular complexity index is 856. The van der Waals surface area contributed by atoms with Gasteiger partial charge in [0.05, 0.1) is 16.0 Å². The van der Waals surface area contributed by atoms with Crippen molar-refractivity contribution in [1.82, 2.24) is 14.5 Å². The molecular weight excluding hydrogens is 301 g/mol. The third-order valence-corrected chi connectivity index (χ3v) is 3.07. The Morgan fingerprint density at radius 1 is 1.14 bits per heavy atom. The summed E-state index contributed by atoms with van der Waals surface area (Å²) in [4.78, 5) is 17.6. The van der Waals surface area contributed by atoms with E-state index in [0.29, 0.717) is 23.3 Å². The summed E-state index contributed by atoms with van der Waals surface area (Å²) in [6, 6.07) is 5.77. The van der Waals surface area contributed by atoms with Gasteiger partial charge in [0.2, 0.25) is 5.95 Å². The molecule has 0 radical (unpaired) electrons. The van der Waals surface area contributed by atoms with Crippen molar-refractivity contribution in [3.8, 4) is 5.95 Å². The lowest BCUT2D eigenvalue weighted by Gasteiger charge is -2.07. The first-order valence-corrected chi connectivity index (χ1v) is 6.01. The van der Waals surface area contributed by atoms with Crippen molar-refractivity contribution in [3.05, 3.63) is 58.5 Å². The number of rotatable bonds is 2. The molecule has 0 spiro atoms. The summed E-state index contributed by atoms with van der Waals surface area (Å²) in [5.41, 5.74) is -0.452. The number of hydrogen-bond donors (Lipinski definition) is 0. The van der Waals surface area contributed by atoms with E-state index in [2.05, 4.69) is 9.97 Å². The second-order valence-electron chi connectivity index (χ2n) is 4.46. The monoisotopic (exact) mass is 308 g/mol. The van der Waals surface area contributed by atoms with Crippen LogP contribution >= 0.6 is 0 Å². The van der Waals surface area contributed by atoms with Crippen molar-refractivity contribution in [2.75, 3.05) is 0 Å². The average Bonchev–Trinajstić information content (AvgIpc) is 2.89. The normalized spacial score (nSPS) is 11.8. The van der Waals surface area contributed by atoms with Gasteiger partial charge in [-0.05, 0) is 12.1 Å². The molecule has 2 aromatic heterocycles. The molecule has 0 amide bonds. The third kappa shape index (κ3) is 2.36. The molecule has 9 heteroatoms. The van der Waals surface area contributed by atoms with Gasteiger partial charge in [0.25, 0.3) is 5.69 Å². The van der Waals surface area contributed by atoms with E-state index in [9.17, 15) is 23.3 Å². The lowest BCUT2D eigenvalue weighted by atomic mass is 10.2. The highest BCUT2D eigenvalue weighted by atomic mass is 19.4. The molecule has 0 aliphatic rings. The van der Waals surface area contributed by atoms with Crippen LogP contribution in [0.3, 0.4) is 0 Å². The SMILES string of the molecule is O=[N+]([O-])c1ccc2c(ccn2-c2ncc(C(F)(F)F)cn2)c1. The van der Waals surface area contributed by atoms with Gasteiger partial charge in [-0.15, -0.1) is 0 Å². The Morgan fingerprint density at radius 2 is 1.82 bits per heavy atom. The number of halogens is 3. The van der Waals surface area contributed by atoms with E-state index in [1.54, 1.807) is 6.07 Å². The highest BCUT2D eigenvalue weighted by Gasteiger charge is 2.31. The summed E-state index contributed by atoms with van der Waals surface area (Å²) in [6.07, 6.45) is -1.58. The third-order valence-electron chi connectivity index (χ3n) is 3.07. The van der Waals surface area contributed by atoms with Gasteiger partial charge in [0.1, 0.15) is 0 Å². The van der Waals surface area contributed by atoms with E-state index < -0.39 is 16.7 Å². The van der Waals surface area contributed by atoms with Gasteiger partial charge in [-0.3, -0.25) is 14.7 Å². The predicted molar refractivity (Wildman–Crippen MR) is 70.5 cm³/mol. The number of fused-ring (bicyclic) bond motifs is 1. The first kappa shape index (κ1) is 14.0. The molecule has 3 aromatic rings. The molecule has 0 aliphatic carbocycles. The van der Waals surface area contributed by atoms with Crippen LogP contribution in [0.4, 0.5) is 18.9 Å². The number of nitro benzene ring substituents is 1. The minimum absolute atomic E-state index is 0.0526. The molecular formula is C13H7F3N4O2. The van der Waals surface area contributed by atoms with Gasteiger partial charge in [-0.1, -0.05) is 0 Å². The van der Waals surface area contributed by atoms with Crippen LogP contribution in [0.15, 0.2) is 42.9 Å². The molecule has 2 heterocycles. The number of alkyl halides is 3. The minimum atomic E-state index is -4.50. The molecule has 6 nitrogen and oxygen atoms in total. The van der Waals surface area contributed by atoms with Gasteiger partial charge >= 0.3 is 6.18 Å².